The van der Waals surface area contributed by atoms with Crippen LogP contribution in [-0.4, -0.2) is 6.54 Å². The molecular weight excluding hydrogens is 381 g/mol. The van der Waals surface area contributed by atoms with Crippen molar-refractivity contribution in [3.05, 3.63) is 55.8 Å². The summed E-state index contributed by atoms with van der Waals surface area (Å²) >= 11 is 13.1. The summed E-state index contributed by atoms with van der Waals surface area (Å²) in [5.41, 5.74) is 0.995. The second-order valence-corrected chi connectivity index (χ2v) is 5.90. The minimum Gasteiger partial charge on any atom is -0.452 e. The van der Waals surface area contributed by atoms with Crippen molar-refractivity contribution in [2.75, 3.05) is 6.54 Å². The lowest BCUT2D eigenvalue weighted by Crippen LogP contribution is -2.21. The third kappa shape index (κ3) is 3.18. The Hall–Kier alpha value is -0.290. The van der Waals surface area contributed by atoms with Gasteiger partial charge in [-0.05, 0) is 58.4 Å². The zero-order chi connectivity index (χ0) is 13.1. The highest BCUT2D eigenvalue weighted by Gasteiger charge is 2.19. The van der Waals surface area contributed by atoms with E-state index in [1.807, 2.05) is 30.3 Å². The largest absolute Gasteiger partial charge is 0.452 e. The van der Waals surface area contributed by atoms with Crippen molar-refractivity contribution in [3.8, 4) is 0 Å². The molecule has 0 saturated carbocycles. The predicted octanol–water partition coefficient (Wildman–Crippen LogP) is 5.16. The summed E-state index contributed by atoms with van der Waals surface area (Å²) in [4.78, 5) is 0. The van der Waals surface area contributed by atoms with Gasteiger partial charge in [0, 0.05) is 9.50 Å². The molecule has 0 aliphatic carbocycles. The van der Waals surface area contributed by atoms with Crippen LogP contribution in [0, 0.1) is 0 Å². The van der Waals surface area contributed by atoms with Gasteiger partial charge in [-0.1, -0.05) is 34.5 Å². The van der Waals surface area contributed by atoms with E-state index in [9.17, 15) is 0 Å². The van der Waals surface area contributed by atoms with E-state index in [0.29, 0.717) is 4.67 Å². The molecule has 2 aromatic rings. The smallest absolute Gasteiger partial charge is 0.169 e. The average molecular weight is 394 g/mol. The maximum Gasteiger partial charge on any atom is 0.169 e. The monoisotopic (exact) mass is 391 g/mol. The minimum atomic E-state index is -0.0497. The second-order valence-electron chi connectivity index (χ2n) is 3.80. The third-order valence-corrected chi connectivity index (χ3v) is 3.82. The Morgan fingerprint density at radius 1 is 1.28 bits per heavy atom. The van der Waals surface area contributed by atoms with Crippen molar-refractivity contribution in [2.45, 2.75) is 13.0 Å². The molecule has 96 valence electrons. The Morgan fingerprint density at radius 3 is 2.67 bits per heavy atom. The van der Waals surface area contributed by atoms with Crippen molar-refractivity contribution in [3.63, 3.8) is 0 Å². The maximum atomic E-state index is 6.27. The molecule has 0 aliphatic rings. The first-order valence-electron chi connectivity index (χ1n) is 5.55. The number of furan rings is 1. The highest BCUT2D eigenvalue weighted by atomic mass is 79.9. The normalized spacial score (nSPS) is 12.7. The van der Waals surface area contributed by atoms with E-state index >= 15 is 0 Å². The van der Waals surface area contributed by atoms with E-state index < -0.39 is 0 Å². The molecule has 2 nitrogen and oxygen atoms in total. The zero-order valence-electron chi connectivity index (χ0n) is 9.71. The Morgan fingerprint density at radius 2 is 2.06 bits per heavy atom. The van der Waals surface area contributed by atoms with E-state index in [1.165, 1.54) is 0 Å². The van der Waals surface area contributed by atoms with Crippen LogP contribution >= 0.6 is 43.5 Å². The van der Waals surface area contributed by atoms with Crippen molar-refractivity contribution >= 4 is 43.5 Å². The van der Waals surface area contributed by atoms with Crippen molar-refractivity contribution in [1.82, 2.24) is 5.32 Å². The summed E-state index contributed by atoms with van der Waals surface area (Å²) in [7, 11) is 0. The topological polar surface area (TPSA) is 25.2 Å². The number of halogens is 3. The summed E-state index contributed by atoms with van der Waals surface area (Å²) in [6, 6.07) is 9.58. The van der Waals surface area contributed by atoms with Gasteiger partial charge in [-0.15, -0.1) is 0 Å². The molecule has 18 heavy (non-hydrogen) atoms. The maximum absolute atomic E-state index is 6.27. The highest BCUT2D eigenvalue weighted by Crippen LogP contribution is 2.32. The fourth-order valence-corrected chi connectivity index (χ4v) is 2.71. The van der Waals surface area contributed by atoms with Crippen LogP contribution in [0.25, 0.3) is 0 Å². The standard InChI is InChI=1S/C13H12Br2ClNO/c1-2-17-13(11-5-6-12(15)18-11)9-7-8(14)3-4-10(9)16/h3-7,13,17H,2H2,1H3. The van der Waals surface area contributed by atoms with Gasteiger partial charge in [0.1, 0.15) is 5.76 Å². The Bertz CT molecular complexity index is 542. The van der Waals surface area contributed by atoms with Gasteiger partial charge in [0.15, 0.2) is 4.67 Å². The molecule has 2 rings (SSSR count). The third-order valence-electron chi connectivity index (χ3n) is 2.56. The molecule has 0 aliphatic heterocycles. The van der Waals surface area contributed by atoms with E-state index in [0.717, 1.165) is 27.4 Å². The number of benzene rings is 1. The number of nitrogens with one attached hydrogen (secondary N) is 1. The van der Waals surface area contributed by atoms with Gasteiger partial charge < -0.3 is 9.73 Å². The summed E-state index contributed by atoms with van der Waals surface area (Å²) < 4.78 is 7.34. The Labute approximate surface area is 128 Å². The van der Waals surface area contributed by atoms with Crippen LogP contribution in [0.15, 0.2) is 43.9 Å². The Kier molecular flexibility index (Phi) is 4.90. The van der Waals surface area contributed by atoms with E-state index in [1.54, 1.807) is 0 Å². The van der Waals surface area contributed by atoms with Crippen LogP contribution in [0.1, 0.15) is 24.3 Å². The van der Waals surface area contributed by atoms with Crippen molar-refractivity contribution in [1.29, 1.82) is 0 Å². The lowest BCUT2D eigenvalue weighted by atomic mass is 10.0. The van der Waals surface area contributed by atoms with Crippen LogP contribution in [0.4, 0.5) is 0 Å². The summed E-state index contributed by atoms with van der Waals surface area (Å²) in [5, 5.41) is 4.10. The van der Waals surface area contributed by atoms with Gasteiger partial charge in [0.25, 0.3) is 0 Å². The van der Waals surface area contributed by atoms with Gasteiger partial charge in [0.2, 0.25) is 0 Å². The highest BCUT2D eigenvalue weighted by molar-refractivity contribution is 9.10. The van der Waals surface area contributed by atoms with E-state index in [-0.39, 0.29) is 6.04 Å². The van der Waals surface area contributed by atoms with Gasteiger partial charge in [-0.25, -0.2) is 0 Å². The molecule has 1 atom stereocenters. The van der Waals surface area contributed by atoms with Crippen molar-refractivity contribution in [2.24, 2.45) is 0 Å². The molecule has 0 bridgehead atoms. The van der Waals surface area contributed by atoms with Crippen LogP contribution in [-0.2, 0) is 0 Å². The molecule has 0 radical (unpaired) electrons. The van der Waals surface area contributed by atoms with E-state index in [2.05, 4.69) is 44.1 Å². The summed E-state index contributed by atoms with van der Waals surface area (Å²) in [6.07, 6.45) is 0. The molecule has 0 spiro atoms. The van der Waals surface area contributed by atoms with Crippen LogP contribution in [0.3, 0.4) is 0 Å². The Balaban J connectivity index is 2.44. The first-order valence-corrected chi connectivity index (χ1v) is 7.51. The lowest BCUT2D eigenvalue weighted by Gasteiger charge is -2.17. The van der Waals surface area contributed by atoms with Crippen LogP contribution in [0.5, 0.6) is 0 Å². The molecule has 5 heteroatoms. The molecule has 1 heterocycles. The fraction of sp³-hybridized carbons (Fsp3) is 0.231. The molecule has 0 fully saturated rings. The molecule has 1 aromatic carbocycles. The first kappa shape index (κ1) is 14.1. The average Bonchev–Trinajstić information content (AvgIpc) is 2.76. The van der Waals surface area contributed by atoms with Gasteiger partial charge in [0.05, 0.1) is 6.04 Å². The molecule has 1 N–H and O–H groups in total. The van der Waals surface area contributed by atoms with Gasteiger partial charge in [-0.3, -0.25) is 0 Å². The minimum absolute atomic E-state index is 0.0497. The molecular formula is C13H12Br2ClNO. The number of hydrogen-bond donors (Lipinski definition) is 1. The van der Waals surface area contributed by atoms with Crippen LogP contribution in [0.2, 0.25) is 5.02 Å². The van der Waals surface area contributed by atoms with E-state index in [4.69, 9.17) is 16.0 Å². The van der Waals surface area contributed by atoms with Gasteiger partial charge >= 0.3 is 0 Å². The van der Waals surface area contributed by atoms with Crippen molar-refractivity contribution < 1.29 is 4.42 Å². The summed E-state index contributed by atoms with van der Waals surface area (Å²) in [5.74, 6) is 0.837. The predicted molar refractivity (Wildman–Crippen MR) is 81.1 cm³/mol. The molecule has 0 amide bonds. The molecule has 0 saturated heterocycles. The SMILES string of the molecule is CCNC(c1ccc(Br)o1)c1cc(Br)ccc1Cl. The number of hydrogen-bond acceptors (Lipinski definition) is 2. The molecule has 1 aromatic heterocycles. The number of rotatable bonds is 4. The fourth-order valence-electron chi connectivity index (χ4n) is 1.79. The molecule has 1 unspecified atom stereocenters. The van der Waals surface area contributed by atoms with Crippen LogP contribution < -0.4 is 5.32 Å². The summed E-state index contributed by atoms with van der Waals surface area (Å²) in [6.45, 7) is 2.88. The first-order chi connectivity index (χ1) is 8.61. The zero-order valence-corrected chi connectivity index (χ0v) is 13.6. The quantitative estimate of drug-likeness (QED) is 0.776. The van der Waals surface area contributed by atoms with Gasteiger partial charge in [-0.2, -0.15) is 0 Å². The lowest BCUT2D eigenvalue weighted by molar-refractivity contribution is 0.437. The second kappa shape index (κ2) is 6.24.